The molecule has 0 saturated carbocycles. The third-order valence-corrected chi connectivity index (χ3v) is 3.77. The van der Waals surface area contributed by atoms with E-state index in [0.29, 0.717) is 12.6 Å². The van der Waals surface area contributed by atoms with E-state index in [0.717, 1.165) is 12.8 Å². The summed E-state index contributed by atoms with van der Waals surface area (Å²) in [7, 11) is -2.79. The summed E-state index contributed by atoms with van der Waals surface area (Å²) in [5, 5.41) is 3.19. The van der Waals surface area contributed by atoms with E-state index in [-0.39, 0.29) is 11.5 Å². The molecule has 0 heterocycles. The molecule has 0 saturated heterocycles. The van der Waals surface area contributed by atoms with Gasteiger partial charge in [-0.05, 0) is 13.3 Å². The topological polar surface area (TPSA) is 46.2 Å². The summed E-state index contributed by atoms with van der Waals surface area (Å²) in [6.07, 6.45) is 2.24. The molecule has 1 N–H and O–H groups in total. The van der Waals surface area contributed by atoms with Gasteiger partial charge in [0.1, 0.15) is 0 Å². The molecule has 0 amide bonds. The van der Waals surface area contributed by atoms with E-state index in [1.54, 1.807) is 6.92 Å². The number of hydrogen-bond acceptors (Lipinski definition) is 3. The molecule has 0 aliphatic heterocycles. The highest BCUT2D eigenvalue weighted by atomic mass is 32.2. The quantitative estimate of drug-likeness (QED) is 0.682. The van der Waals surface area contributed by atoms with Crippen molar-refractivity contribution in [1.82, 2.24) is 5.32 Å². The van der Waals surface area contributed by atoms with Gasteiger partial charge in [-0.1, -0.05) is 20.3 Å². The lowest BCUT2D eigenvalue weighted by Gasteiger charge is -2.11. The zero-order valence-electron chi connectivity index (χ0n) is 8.84. The number of sulfone groups is 1. The van der Waals surface area contributed by atoms with Crippen LogP contribution in [0.5, 0.6) is 0 Å². The molecule has 0 aliphatic carbocycles. The zero-order valence-corrected chi connectivity index (χ0v) is 9.65. The monoisotopic (exact) mass is 207 g/mol. The molecule has 3 nitrogen and oxygen atoms in total. The van der Waals surface area contributed by atoms with Crippen LogP contribution >= 0.6 is 0 Å². The van der Waals surface area contributed by atoms with Crippen molar-refractivity contribution in [3.05, 3.63) is 0 Å². The average Bonchev–Trinajstić information content (AvgIpc) is 2.05. The van der Waals surface area contributed by atoms with Gasteiger partial charge in [0.15, 0.2) is 9.84 Å². The summed E-state index contributed by atoms with van der Waals surface area (Å²) >= 11 is 0. The molecule has 0 radical (unpaired) electrons. The lowest BCUT2D eigenvalue weighted by molar-refractivity contribution is 0.520. The third kappa shape index (κ3) is 7.02. The predicted octanol–water partition coefficient (Wildman–Crippen LogP) is 1.20. The standard InChI is InChI=1S/C9H21NO2S/c1-4-6-9(3)10-7-8-13(11,12)5-2/h9-10H,4-8H2,1-3H3. The molecule has 0 fully saturated rings. The van der Waals surface area contributed by atoms with E-state index in [1.165, 1.54) is 0 Å². The molecule has 1 atom stereocenters. The Balaban J connectivity index is 3.56. The van der Waals surface area contributed by atoms with Crippen LogP contribution in [-0.2, 0) is 9.84 Å². The third-order valence-electron chi connectivity index (χ3n) is 2.07. The second-order valence-electron chi connectivity index (χ2n) is 3.38. The minimum absolute atomic E-state index is 0.247. The van der Waals surface area contributed by atoms with E-state index in [1.807, 2.05) is 0 Å². The maximum Gasteiger partial charge on any atom is 0.151 e. The van der Waals surface area contributed by atoms with Crippen LogP contribution in [0.4, 0.5) is 0 Å². The maximum atomic E-state index is 11.1. The van der Waals surface area contributed by atoms with Crippen molar-refractivity contribution in [2.75, 3.05) is 18.1 Å². The highest BCUT2D eigenvalue weighted by Crippen LogP contribution is 1.94. The lowest BCUT2D eigenvalue weighted by Crippen LogP contribution is -2.31. The molecule has 0 rings (SSSR count). The summed E-state index contributed by atoms with van der Waals surface area (Å²) in [6.45, 7) is 6.48. The molecule has 0 bridgehead atoms. The Bertz CT molecular complexity index is 212. The number of nitrogens with one attached hydrogen (secondary N) is 1. The van der Waals surface area contributed by atoms with Gasteiger partial charge in [-0.25, -0.2) is 8.42 Å². The van der Waals surface area contributed by atoms with Crippen LogP contribution in [0.25, 0.3) is 0 Å². The SMILES string of the molecule is CCCC(C)NCCS(=O)(=O)CC. The Morgan fingerprint density at radius 3 is 2.38 bits per heavy atom. The Morgan fingerprint density at radius 1 is 1.31 bits per heavy atom. The first-order valence-corrected chi connectivity index (χ1v) is 6.77. The summed E-state index contributed by atoms with van der Waals surface area (Å²) in [5.74, 6) is 0.508. The van der Waals surface area contributed by atoms with Crippen molar-refractivity contribution < 1.29 is 8.42 Å². The van der Waals surface area contributed by atoms with Gasteiger partial charge in [0, 0.05) is 18.3 Å². The Kier molecular flexibility index (Phi) is 6.33. The molecule has 80 valence electrons. The van der Waals surface area contributed by atoms with Crippen LogP contribution in [0.1, 0.15) is 33.6 Å². The van der Waals surface area contributed by atoms with Gasteiger partial charge in [-0.2, -0.15) is 0 Å². The van der Waals surface area contributed by atoms with Gasteiger partial charge in [-0.3, -0.25) is 0 Å². The van der Waals surface area contributed by atoms with Crippen molar-refractivity contribution in [3.8, 4) is 0 Å². The van der Waals surface area contributed by atoms with E-state index in [4.69, 9.17) is 0 Å². The van der Waals surface area contributed by atoms with Crippen LogP contribution in [-0.4, -0.2) is 32.5 Å². The van der Waals surface area contributed by atoms with E-state index in [2.05, 4.69) is 19.2 Å². The molecule has 1 unspecified atom stereocenters. The summed E-state index contributed by atoms with van der Waals surface area (Å²) in [6, 6.07) is 0.428. The maximum absolute atomic E-state index is 11.1. The van der Waals surface area contributed by atoms with Crippen LogP contribution in [0.3, 0.4) is 0 Å². The highest BCUT2D eigenvalue weighted by Gasteiger charge is 2.07. The summed E-state index contributed by atoms with van der Waals surface area (Å²) in [4.78, 5) is 0. The Morgan fingerprint density at radius 2 is 1.92 bits per heavy atom. The largest absolute Gasteiger partial charge is 0.313 e. The van der Waals surface area contributed by atoms with Gasteiger partial charge in [0.25, 0.3) is 0 Å². The fourth-order valence-electron chi connectivity index (χ4n) is 1.14. The molecule has 0 aromatic heterocycles. The predicted molar refractivity (Wildman–Crippen MR) is 56.7 cm³/mol. The smallest absolute Gasteiger partial charge is 0.151 e. The van der Waals surface area contributed by atoms with E-state index >= 15 is 0 Å². The summed E-state index contributed by atoms with van der Waals surface area (Å²) in [5.41, 5.74) is 0. The number of hydrogen-bond donors (Lipinski definition) is 1. The van der Waals surface area contributed by atoms with Crippen molar-refractivity contribution in [2.24, 2.45) is 0 Å². The van der Waals surface area contributed by atoms with Gasteiger partial charge in [0.05, 0.1) is 5.75 Å². The minimum Gasteiger partial charge on any atom is -0.313 e. The Hall–Kier alpha value is -0.0900. The van der Waals surface area contributed by atoms with Crippen molar-refractivity contribution in [2.45, 2.75) is 39.7 Å². The molecule has 13 heavy (non-hydrogen) atoms. The fourth-order valence-corrected chi connectivity index (χ4v) is 1.86. The molecule has 0 aliphatic rings. The normalized spacial score (nSPS) is 14.4. The van der Waals surface area contributed by atoms with E-state index < -0.39 is 9.84 Å². The van der Waals surface area contributed by atoms with Gasteiger partial charge in [-0.15, -0.1) is 0 Å². The van der Waals surface area contributed by atoms with Crippen LogP contribution in [0.2, 0.25) is 0 Å². The first-order valence-electron chi connectivity index (χ1n) is 4.95. The van der Waals surface area contributed by atoms with Gasteiger partial charge in [0.2, 0.25) is 0 Å². The first kappa shape index (κ1) is 12.9. The van der Waals surface area contributed by atoms with Crippen molar-refractivity contribution in [1.29, 1.82) is 0 Å². The first-order chi connectivity index (χ1) is 6.02. The molecule has 0 spiro atoms. The second-order valence-corrected chi connectivity index (χ2v) is 5.85. The molecular formula is C9H21NO2S. The summed E-state index contributed by atoms with van der Waals surface area (Å²) < 4.78 is 22.2. The van der Waals surface area contributed by atoms with Crippen molar-refractivity contribution >= 4 is 9.84 Å². The fraction of sp³-hybridized carbons (Fsp3) is 1.00. The van der Waals surface area contributed by atoms with Crippen LogP contribution in [0, 0.1) is 0 Å². The Labute approximate surface area is 81.8 Å². The molecule has 0 aromatic carbocycles. The van der Waals surface area contributed by atoms with Crippen LogP contribution in [0.15, 0.2) is 0 Å². The van der Waals surface area contributed by atoms with Gasteiger partial charge >= 0.3 is 0 Å². The zero-order chi connectivity index (χ0) is 10.3. The molecule has 4 heteroatoms. The second kappa shape index (κ2) is 6.38. The highest BCUT2D eigenvalue weighted by molar-refractivity contribution is 7.91. The molecular weight excluding hydrogens is 186 g/mol. The van der Waals surface area contributed by atoms with Gasteiger partial charge < -0.3 is 5.32 Å². The molecule has 0 aromatic rings. The minimum atomic E-state index is -2.79. The number of rotatable bonds is 7. The van der Waals surface area contributed by atoms with Crippen molar-refractivity contribution in [3.63, 3.8) is 0 Å². The average molecular weight is 207 g/mol. The van der Waals surface area contributed by atoms with Crippen LogP contribution < -0.4 is 5.32 Å². The lowest BCUT2D eigenvalue weighted by atomic mass is 10.2. The van der Waals surface area contributed by atoms with E-state index in [9.17, 15) is 8.42 Å².